The number of hydrogen-bond acceptors (Lipinski definition) is 2. The second-order valence-electron chi connectivity index (χ2n) is 3.06. The van der Waals surface area contributed by atoms with Gasteiger partial charge in [-0.2, -0.15) is 13.2 Å². The first-order valence-electron chi connectivity index (χ1n) is 4.27. The van der Waals surface area contributed by atoms with Crippen molar-refractivity contribution >= 4 is 0 Å². The molecule has 0 amide bonds. The van der Waals surface area contributed by atoms with Crippen LogP contribution in [0.25, 0.3) is 5.82 Å². The molecule has 2 aromatic rings. The maximum atomic E-state index is 12.4. The molecule has 0 bridgehead atoms. The number of nitrogens with zero attached hydrogens (tertiary/aromatic N) is 2. The predicted molar refractivity (Wildman–Crippen MR) is 49.2 cm³/mol. The summed E-state index contributed by atoms with van der Waals surface area (Å²) in [5, 5.41) is 0. The normalized spacial score (nSPS) is 11.7. The minimum atomic E-state index is -4.48. The fourth-order valence-corrected chi connectivity index (χ4v) is 1.22. The molecule has 0 fully saturated rings. The number of H-pyrrole nitrogens is 1. The topological polar surface area (TPSA) is 50.7 Å². The largest absolute Gasteiger partial charge is 0.417 e. The molecule has 0 spiro atoms. The molecular weight excluding hydrogens is 223 g/mol. The highest BCUT2D eigenvalue weighted by Gasteiger charge is 2.31. The van der Waals surface area contributed by atoms with Gasteiger partial charge in [0.1, 0.15) is 5.82 Å². The Bertz CT molecular complexity index is 542. The lowest BCUT2D eigenvalue weighted by atomic mass is 10.3. The predicted octanol–water partition coefficient (Wildman–Crippen LogP) is 1.58. The molecule has 0 saturated carbocycles. The summed E-state index contributed by atoms with van der Waals surface area (Å²) < 4.78 is 38.1. The van der Waals surface area contributed by atoms with Crippen molar-refractivity contribution in [3.8, 4) is 5.82 Å². The van der Waals surface area contributed by atoms with Crippen LogP contribution in [-0.2, 0) is 6.18 Å². The molecule has 0 radical (unpaired) electrons. The van der Waals surface area contributed by atoms with E-state index in [2.05, 4.69) is 9.97 Å². The van der Waals surface area contributed by atoms with Gasteiger partial charge in [0.05, 0.1) is 18.1 Å². The van der Waals surface area contributed by atoms with Crippen molar-refractivity contribution in [3.63, 3.8) is 0 Å². The number of aromatic nitrogens is 3. The van der Waals surface area contributed by atoms with Gasteiger partial charge in [0.2, 0.25) is 0 Å². The Kier molecular flexibility index (Phi) is 2.30. The van der Waals surface area contributed by atoms with Gasteiger partial charge in [0, 0.05) is 12.3 Å². The Morgan fingerprint density at radius 1 is 1.31 bits per heavy atom. The van der Waals surface area contributed by atoms with Crippen molar-refractivity contribution in [2.75, 3.05) is 0 Å². The van der Waals surface area contributed by atoms with Gasteiger partial charge in [-0.05, 0) is 6.07 Å². The summed E-state index contributed by atoms with van der Waals surface area (Å²) in [4.78, 5) is 17.5. The first kappa shape index (κ1) is 10.5. The summed E-state index contributed by atoms with van der Waals surface area (Å²) in [6.45, 7) is 0. The summed E-state index contributed by atoms with van der Waals surface area (Å²) in [7, 11) is 0. The van der Waals surface area contributed by atoms with Gasteiger partial charge in [0.15, 0.2) is 0 Å². The highest BCUT2D eigenvalue weighted by Crippen LogP contribution is 2.28. The van der Waals surface area contributed by atoms with Gasteiger partial charge < -0.3 is 4.98 Å². The molecule has 84 valence electrons. The number of rotatable bonds is 1. The summed E-state index contributed by atoms with van der Waals surface area (Å²) in [5.41, 5.74) is -1.45. The standard InChI is InChI=1S/C9H6F3N3O/c10-9(11,12)6-1-2-8(16)15(4-6)7-3-13-5-14-7/h1-5H,(H,13,14). The zero-order chi connectivity index (χ0) is 11.8. The second kappa shape index (κ2) is 3.51. The molecule has 0 aliphatic heterocycles. The van der Waals surface area contributed by atoms with Gasteiger partial charge in [-0.3, -0.25) is 9.36 Å². The minimum Gasteiger partial charge on any atom is -0.331 e. The highest BCUT2D eigenvalue weighted by atomic mass is 19.4. The van der Waals surface area contributed by atoms with Crippen LogP contribution in [0, 0.1) is 0 Å². The van der Waals surface area contributed by atoms with Crippen LogP contribution in [0.4, 0.5) is 13.2 Å². The van der Waals surface area contributed by atoms with Gasteiger partial charge in [-0.15, -0.1) is 0 Å². The van der Waals surface area contributed by atoms with Crippen LogP contribution in [0.2, 0.25) is 0 Å². The summed E-state index contributed by atoms with van der Waals surface area (Å²) in [6.07, 6.45) is -1.20. The zero-order valence-electron chi connectivity index (χ0n) is 7.82. The maximum absolute atomic E-state index is 12.4. The van der Waals surface area contributed by atoms with E-state index in [-0.39, 0.29) is 5.82 Å². The molecule has 0 saturated heterocycles. The van der Waals surface area contributed by atoms with Crippen LogP contribution in [-0.4, -0.2) is 14.5 Å². The fraction of sp³-hybridized carbons (Fsp3) is 0.111. The van der Waals surface area contributed by atoms with E-state index in [1.807, 2.05) is 0 Å². The molecule has 2 aromatic heterocycles. The number of pyridine rings is 1. The lowest BCUT2D eigenvalue weighted by molar-refractivity contribution is -0.138. The Hall–Kier alpha value is -2.05. The zero-order valence-corrected chi connectivity index (χ0v) is 7.82. The number of nitrogens with one attached hydrogen (secondary N) is 1. The SMILES string of the molecule is O=c1ccc(C(F)(F)F)cn1-c1cnc[nH]1. The average Bonchev–Trinajstić information content (AvgIpc) is 2.69. The van der Waals surface area contributed by atoms with Gasteiger partial charge in [0.25, 0.3) is 5.56 Å². The van der Waals surface area contributed by atoms with Crippen molar-refractivity contribution in [2.45, 2.75) is 6.18 Å². The van der Waals surface area contributed by atoms with E-state index in [1.54, 1.807) is 0 Å². The van der Waals surface area contributed by atoms with E-state index in [9.17, 15) is 18.0 Å². The third kappa shape index (κ3) is 1.83. The van der Waals surface area contributed by atoms with Crippen LogP contribution in [0.1, 0.15) is 5.56 Å². The molecule has 16 heavy (non-hydrogen) atoms. The Morgan fingerprint density at radius 3 is 2.62 bits per heavy atom. The quantitative estimate of drug-likeness (QED) is 0.807. The van der Waals surface area contributed by atoms with Crippen molar-refractivity contribution < 1.29 is 13.2 Å². The minimum absolute atomic E-state index is 0.191. The van der Waals surface area contributed by atoms with Gasteiger partial charge in [-0.25, -0.2) is 4.98 Å². The van der Waals surface area contributed by atoms with Crippen molar-refractivity contribution in [1.82, 2.24) is 14.5 Å². The van der Waals surface area contributed by atoms with Crippen LogP contribution in [0.15, 0.2) is 35.6 Å². The number of halogens is 3. The summed E-state index contributed by atoms with van der Waals surface area (Å²) in [5.74, 6) is 0.191. The van der Waals surface area contributed by atoms with Gasteiger partial charge >= 0.3 is 6.18 Å². The van der Waals surface area contributed by atoms with Crippen molar-refractivity contribution in [2.24, 2.45) is 0 Å². The molecular formula is C9H6F3N3O. The molecule has 0 atom stereocenters. The number of hydrogen-bond donors (Lipinski definition) is 1. The first-order valence-corrected chi connectivity index (χ1v) is 4.27. The molecule has 0 unspecified atom stereocenters. The second-order valence-corrected chi connectivity index (χ2v) is 3.06. The lowest BCUT2D eigenvalue weighted by Gasteiger charge is -2.08. The Morgan fingerprint density at radius 2 is 2.06 bits per heavy atom. The monoisotopic (exact) mass is 229 g/mol. The molecule has 1 N–H and O–H groups in total. The van der Waals surface area contributed by atoms with Crippen LogP contribution in [0.3, 0.4) is 0 Å². The van der Waals surface area contributed by atoms with E-state index in [1.165, 1.54) is 12.5 Å². The number of alkyl halides is 3. The van der Waals surface area contributed by atoms with E-state index in [0.717, 1.165) is 22.9 Å². The van der Waals surface area contributed by atoms with Gasteiger partial charge in [-0.1, -0.05) is 0 Å². The van der Waals surface area contributed by atoms with Crippen molar-refractivity contribution in [1.29, 1.82) is 0 Å². The molecule has 0 aliphatic carbocycles. The molecule has 0 aromatic carbocycles. The molecule has 4 nitrogen and oxygen atoms in total. The summed E-state index contributed by atoms with van der Waals surface area (Å²) in [6, 6.07) is 1.61. The molecule has 0 aliphatic rings. The average molecular weight is 229 g/mol. The van der Waals surface area contributed by atoms with E-state index in [4.69, 9.17) is 0 Å². The Labute approximate surface area is 87.4 Å². The number of imidazole rings is 1. The van der Waals surface area contributed by atoms with E-state index < -0.39 is 17.3 Å². The van der Waals surface area contributed by atoms with Crippen molar-refractivity contribution in [3.05, 3.63) is 46.8 Å². The Balaban J connectivity index is 2.58. The third-order valence-electron chi connectivity index (χ3n) is 1.98. The number of aromatic amines is 1. The fourth-order valence-electron chi connectivity index (χ4n) is 1.22. The van der Waals surface area contributed by atoms with E-state index >= 15 is 0 Å². The molecule has 2 rings (SSSR count). The molecule has 7 heteroatoms. The highest BCUT2D eigenvalue weighted by molar-refractivity contribution is 5.23. The molecule has 2 heterocycles. The third-order valence-corrected chi connectivity index (χ3v) is 1.98. The van der Waals surface area contributed by atoms with Crippen LogP contribution in [0.5, 0.6) is 0 Å². The van der Waals surface area contributed by atoms with E-state index in [0.29, 0.717) is 0 Å². The van der Waals surface area contributed by atoms with Crippen LogP contribution >= 0.6 is 0 Å². The van der Waals surface area contributed by atoms with Crippen LogP contribution < -0.4 is 5.56 Å². The first-order chi connectivity index (χ1) is 7.48. The lowest BCUT2D eigenvalue weighted by Crippen LogP contribution is -2.20. The smallest absolute Gasteiger partial charge is 0.331 e. The summed E-state index contributed by atoms with van der Waals surface area (Å²) >= 11 is 0. The maximum Gasteiger partial charge on any atom is 0.417 e.